The fourth-order valence-corrected chi connectivity index (χ4v) is 6.02. The van der Waals surface area contributed by atoms with Crippen molar-refractivity contribution in [2.75, 3.05) is 13.2 Å². The summed E-state index contributed by atoms with van der Waals surface area (Å²) >= 11 is 0. The molecular weight excluding hydrogens is 510 g/mol. The average Bonchev–Trinajstić information content (AvgIpc) is 3.38. The van der Waals surface area contributed by atoms with Crippen LogP contribution in [0.2, 0.25) is 0 Å². The molecule has 0 N–H and O–H groups in total. The van der Waals surface area contributed by atoms with Gasteiger partial charge in [-0.25, -0.2) is 12.8 Å². The number of nitrogens with zero attached hydrogens (tertiary/aromatic N) is 1. The number of hydrogen-bond acceptors (Lipinski definition) is 4. The summed E-state index contributed by atoms with van der Waals surface area (Å²) in [5.41, 5.74) is 2.47. The van der Waals surface area contributed by atoms with E-state index in [-0.39, 0.29) is 29.4 Å². The van der Waals surface area contributed by atoms with Crippen LogP contribution in [0.15, 0.2) is 77.7 Å². The molecule has 0 saturated carbocycles. The lowest BCUT2D eigenvalue weighted by molar-refractivity contribution is -0.153. The van der Waals surface area contributed by atoms with Gasteiger partial charge < -0.3 is 4.74 Å². The minimum atomic E-state index is -4.41. The van der Waals surface area contributed by atoms with Crippen molar-refractivity contribution in [3.05, 3.63) is 84.2 Å². The zero-order valence-corrected chi connectivity index (χ0v) is 20.6. The SMILES string of the molecule is O=C(CCc1cccc(-c2ccc(OCC(F)(F)F)cc2)c1)[C@@H]1CCCN1S(=O)(=O)c1ccc(F)cc1. The monoisotopic (exact) mass is 535 g/mol. The van der Waals surface area contributed by atoms with Gasteiger partial charge in [-0.15, -0.1) is 0 Å². The Morgan fingerprint density at radius 3 is 2.35 bits per heavy atom. The lowest BCUT2D eigenvalue weighted by atomic mass is 9.98. The van der Waals surface area contributed by atoms with E-state index >= 15 is 0 Å². The molecule has 0 spiro atoms. The lowest BCUT2D eigenvalue weighted by Crippen LogP contribution is -2.40. The molecule has 5 nitrogen and oxygen atoms in total. The highest BCUT2D eigenvalue weighted by molar-refractivity contribution is 7.89. The standard InChI is InChI=1S/C27H25F4NO4S/c28-22-9-13-24(14-10-22)37(34,35)32-16-2-5-25(32)26(33)15-6-19-3-1-4-21(17-19)20-7-11-23(12-8-20)36-18-27(29,30)31/h1,3-4,7-14,17,25H,2,5-6,15-16,18H2/t25-/m0/s1. The Hall–Kier alpha value is -3.24. The third kappa shape index (κ3) is 6.75. The van der Waals surface area contributed by atoms with Crippen molar-refractivity contribution in [1.82, 2.24) is 4.31 Å². The van der Waals surface area contributed by atoms with Crippen LogP contribution in [-0.4, -0.2) is 43.9 Å². The molecule has 4 rings (SSSR count). The first kappa shape index (κ1) is 26.8. The van der Waals surface area contributed by atoms with Crippen LogP contribution in [0, 0.1) is 5.82 Å². The number of Topliss-reactive ketones (excluding diaryl/α,β-unsaturated/α-hetero) is 1. The molecule has 1 saturated heterocycles. The van der Waals surface area contributed by atoms with Crippen LogP contribution in [0.5, 0.6) is 5.75 Å². The molecule has 0 bridgehead atoms. The van der Waals surface area contributed by atoms with E-state index < -0.39 is 34.7 Å². The highest BCUT2D eigenvalue weighted by Crippen LogP contribution is 2.29. The average molecular weight is 536 g/mol. The van der Waals surface area contributed by atoms with E-state index in [4.69, 9.17) is 4.74 Å². The summed E-state index contributed by atoms with van der Waals surface area (Å²) in [7, 11) is -3.92. The number of aryl methyl sites for hydroxylation is 1. The van der Waals surface area contributed by atoms with Crippen LogP contribution < -0.4 is 4.74 Å². The summed E-state index contributed by atoms with van der Waals surface area (Å²) < 4.78 is 82.3. The van der Waals surface area contributed by atoms with Crippen LogP contribution in [0.1, 0.15) is 24.8 Å². The molecule has 0 aliphatic carbocycles. The van der Waals surface area contributed by atoms with Gasteiger partial charge in [0.2, 0.25) is 10.0 Å². The first-order chi connectivity index (χ1) is 17.5. The summed E-state index contributed by atoms with van der Waals surface area (Å²) in [6.07, 6.45) is -2.86. The Labute approximate surface area is 212 Å². The number of benzene rings is 3. The molecule has 0 amide bonds. The number of carbonyl (C=O) groups excluding carboxylic acids is 1. The third-order valence-electron chi connectivity index (χ3n) is 6.17. The number of sulfonamides is 1. The van der Waals surface area contributed by atoms with Crippen molar-refractivity contribution in [2.24, 2.45) is 0 Å². The van der Waals surface area contributed by atoms with E-state index in [0.29, 0.717) is 19.3 Å². The topological polar surface area (TPSA) is 63.7 Å². The zero-order chi connectivity index (χ0) is 26.6. The second kappa shape index (κ2) is 11.0. The number of alkyl halides is 3. The van der Waals surface area contributed by atoms with Crippen LogP contribution in [0.4, 0.5) is 17.6 Å². The Morgan fingerprint density at radius 1 is 0.973 bits per heavy atom. The van der Waals surface area contributed by atoms with Crippen molar-refractivity contribution in [3.63, 3.8) is 0 Å². The summed E-state index contributed by atoms with van der Waals surface area (Å²) in [4.78, 5) is 13.0. The fraction of sp³-hybridized carbons (Fsp3) is 0.296. The first-order valence-electron chi connectivity index (χ1n) is 11.7. The number of ether oxygens (including phenoxy) is 1. The van der Waals surface area contributed by atoms with E-state index in [1.165, 1.54) is 28.6 Å². The van der Waals surface area contributed by atoms with Gasteiger partial charge in [0.1, 0.15) is 11.6 Å². The van der Waals surface area contributed by atoms with Crippen molar-refractivity contribution in [2.45, 2.75) is 42.8 Å². The molecule has 1 aliphatic heterocycles. The molecule has 37 heavy (non-hydrogen) atoms. The van der Waals surface area contributed by atoms with E-state index in [9.17, 15) is 30.8 Å². The van der Waals surface area contributed by atoms with Crippen molar-refractivity contribution in [1.29, 1.82) is 0 Å². The minimum absolute atomic E-state index is 0.0453. The molecule has 3 aromatic rings. The summed E-state index contributed by atoms with van der Waals surface area (Å²) in [6, 6.07) is 17.5. The van der Waals surface area contributed by atoms with Crippen molar-refractivity contribution >= 4 is 15.8 Å². The molecular formula is C27H25F4NO4S. The smallest absolute Gasteiger partial charge is 0.422 e. The number of rotatable bonds is 9. The number of carbonyl (C=O) groups is 1. The molecule has 0 radical (unpaired) electrons. The van der Waals surface area contributed by atoms with Gasteiger partial charge in [0.15, 0.2) is 12.4 Å². The maximum Gasteiger partial charge on any atom is 0.422 e. The van der Waals surface area contributed by atoms with Gasteiger partial charge in [-0.2, -0.15) is 17.5 Å². The van der Waals surface area contributed by atoms with Crippen molar-refractivity contribution in [3.8, 4) is 16.9 Å². The quantitative estimate of drug-likeness (QED) is 0.326. The maximum absolute atomic E-state index is 13.2. The highest BCUT2D eigenvalue weighted by atomic mass is 32.2. The predicted molar refractivity (Wildman–Crippen MR) is 130 cm³/mol. The summed E-state index contributed by atoms with van der Waals surface area (Å²) in [5, 5.41) is 0. The third-order valence-corrected chi connectivity index (χ3v) is 8.10. The van der Waals surface area contributed by atoms with Gasteiger partial charge in [-0.05, 0) is 72.4 Å². The highest BCUT2D eigenvalue weighted by Gasteiger charge is 2.38. The van der Waals surface area contributed by atoms with Crippen LogP contribution in [-0.2, 0) is 21.2 Å². The summed E-state index contributed by atoms with van der Waals surface area (Å²) in [5.74, 6) is -0.611. The predicted octanol–water partition coefficient (Wildman–Crippen LogP) is 5.79. The Kier molecular flexibility index (Phi) is 7.99. The number of ketones is 1. The second-order valence-electron chi connectivity index (χ2n) is 8.82. The molecule has 1 atom stereocenters. The molecule has 3 aromatic carbocycles. The van der Waals surface area contributed by atoms with Crippen LogP contribution >= 0.6 is 0 Å². The van der Waals surface area contributed by atoms with Gasteiger partial charge in [-0.3, -0.25) is 4.79 Å². The van der Waals surface area contributed by atoms with Gasteiger partial charge in [-0.1, -0.05) is 36.4 Å². The van der Waals surface area contributed by atoms with E-state index in [1.807, 2.05) is 24.3 Å². The van der Waals surface area contributed by atoms with Gasteiger partial charge >= 0.3 is 6.18 Å². The molecule has 10 heteroatoms. The Bertz CT molecular complexity index is 1340. The Morgan fingerprint density at radius 2 is 1.68 bits per heavy atom. The number of halogens is 4. The fourth-order valence-electron chi connectivity index (χ4n) is 4.34. The van der Waals surface area contributed by atoms with Gasteiger partial charge in [0, 0.05) is 13.0 Å². The molecule has 196 valence electrons. The first-order valence-corrected chi connectivity index (χ1v) is 13.2. The van der Waals surface area contributed by atoms with E-state index in [1.54, 1.807) is 12.1 Å². The lowest BCUT2D eigenvalue weighted by Gasteiger charge is -2.23. The molecule has 1 aliphatic rings. The minimum Gasteiger partial charge on any atom is -0.484 e. The second-order valence-corrected chi connectivity index (χ2v) is 10.7. The van der Waals surface area contributed by atoms with Crippen molar-refractivity contribution < 1.29 is 35.5 Å². The molecule has 0 aromatic heterocycles. The van der Waals surface area contributed by atoms with E-state index in [0.717, 1.165) is 28.8 Å². The summed E-state index contributed by atoms with van der Waals surface area (Å²) in [6.45, 7) is -1.13. The van der Waals surface area contributed by atoms with E-state index in [2.05, 4.69) is 0 Å². The Balaban J connectivity index is 1.40. The zero-order valence-electron chi connectivity index (χ0n) is 19.7. The van der Waals surface area contributed by atoms with Gasteiger partial charge in [0.25, 0.3) is 0 Å². The largest absolute Gasteiger partial charge is 0.484 e. The molecule has 0 unspecified atom stereocenters. The maximum atomic E-state index is 13.2. The van der Waals surface area contributed by atoms with Gasteiger partial charge in [0.05, 0.1) is 10.9 Å². The van der Waals surface area contributed by atoms with Crippen LogP contribution in [0.3, 0.4) is 0 Å². The molecule has 1 heterocycles. The molecule has 1 fully saturated rings. The van der Waals surface area contributed by atoms with Crippen LogP contribution in [0.25, 0.3) is 11.1 Å². The number of hydrogen-bond donors (Lipinski definition) is 0. The normalized spacial score (nSPS) is 16.6.